The zero-order chi connectivity index (χ0) is 34.2. The van der Waals surface area contributed by atoms with E-state index >= 15 is 0 Å². The number of nitrogens with one attached hydrogen (secondary N) is 2. The van der Waals surface area contributed by atoms with Gasteiger partial charge in [-0.1, -0.05) is 116 Å². The first-order valence-corrected chi connectivity index (χ1v) is 20.2. The third kappa shape index (κ3) is 26.0. The number of nitrogens with zero attached hydrogens (tertiary/aromatic N) is 1. The van der Waals surface area contributed by atoms with E-state index in [9.17, 15) is 9.59 Å². The van der Waals surface area contributed by atoms with E-state index in [1.165, 1.54) is 109 Å². The van der Waals surface area contributed by atoms with Crippen molar-refractivity contribution in [3.63, 3.8) is 0 Å². The summed E-state index contributed by atoms with van der Waals surface area (Å²) in [6.45, 7) is 12.2. The van der Waals surface area contributed by atoms with Crippen LogP contribution in [0.5, 0.6) is 0 Å². The van der Waals surface area contributed by atoms with Crippen LogP contribution < -0.4 is 10.6 Å². The summed E-state index contributed by atoms with van der Waals surface area (Å²) in [5.41, 5.74) is 0. The Morgan fingerprint density at radius 3 is 1.77 bits per heavy atom. The van der Waals surface area contributed by atoms with Crippen LogP contribution >= 0.6 is 0 Å². The first kappa shape index (κ1) is 43.4. The van der Waals surface area contributed by atoms with Crippen molar-refractivity contribution < 1.29 is 14.3 Å². The smallest absolute Gasteiger partial charge is 0.330 e. The van der Waals surface area contributed by atoms with E-state index in [2.05, 4.69) is 55.4 Å². The Morgan fingerprint density at radius 2 is 1.21 bits per heavy atom. The second kappa shape index (κ2) is 31.6. The Bertz CT molecular complexity index is 789. The number of rotatable bonds is 31. The van der Waals surface area contributed by atoms with Gasteiger partial charge in [-0.05, 0) is 97.6 Å². The van der Waals surface area contributed by atoms with E-state index in [4.69, 9.17) is 4.74 Å². The fraction of sp³-hybridized carbons (Fsp3) is 0.854. The molecule has 1 amide bonds. The summed E-state index contributed by atoms with van der Waals surface area (Å²) < 4.78 is 5.45. The Kier molecular flexibility index (Phi) is 29.2. The molecule has 0 bridgehead atoms. The fourth-order valence-corrected chi connectivity index (χ4v) is 6.42. The normalized spacial score (nSPS) is 15.3. The summed E-state index contributed by atoms with van der Waals surface area (Å²) in [7, 11) is 0. The molecule has 6 nitrogen and oxygen atoms in total. The van der Waals surface area contributed by atoms with Crippen LogP contribution in [0.4, 0.5) is 0 Å². The van der Waals surface area contributed by atoms with Crippen molar-refractivity contribution >= 4 is 11.9 Å². The van der Waals surface area contributed by atoms with E-state index in [1.54, 1.807) is 6.08 Å². The lowest BCUT2D eigenvalue weighted by atomic mass is 10.0. The highest BCUT2D eigenvalue weighted by Gasteiger charge is 2.26. The van der Waals surface area contributed by atoms with Gasteiger partial charge in [-0.25, -0.2) is 4.79 Å². The molecule has 274 valence electrons. The second-order valence-corrected chi connectivity index (χ2v) is 14.3. The van der Waals surface area contributed by atoms with Gasteiger partial charge in [0.15, 0.2) is 0 Å². The van der Waals surface area contributed by atoms with Gasteiger partial charge in [0.1, 0.15) is 0 Å². The molecule has 1 heterocycles. The van der Waals surface area contributed by atoms with Gasteiger partial charge in [0.25, 0.3) is 0 Å². The minimum Gasteiger partial charge on any atom is -0.463 e. The van der Waals surface area contributed by atoms with Crippen LogP contribution in [0.1, 0.15) is 182 Å². The van der Waals surface area contributed by atoms with Gasteiger partial charge < -0.3 is 20.3 Å². The van der Waals surface area contributed by atoms with Crippen LogP contribution in [0.25, 0.3) is 0 Å². The molecule has 0 aromatic rings. The lowest BCUT2D eigenvalue weighted by Gasteiger charge is -2.36. The maximum atomic E-state index is 13.2. The number of esters is 1. The number of allylic oxidation sites excluding steroid dienone is 3. The van der Waals surface area contributed by atoms with Crippen molar-refractivity contribution in [1.29, 1.82) is 0 Å². The molecule has 1 unspecified atom stereocenters. The second-order valence-electron chi connectivity index (χ2n) is 14.3. The summed E-state index contributed by atoms with van der Waals surface area (Å²) in [6.07, 6.45) is 36.9. The van der Waals surface area contributed by atoms with E-state index in [0.717, 1.165) is 51.7 Å². The molecule has 1 rings (SSSR count). The van der Waals surface area contributed by atoms with E-state index in [1.807, 2.05) is 6.08 Å². The highest BCUT2D eigenvalue weighted by molar-refractivity contribution is 5.82. The molecule has 1 aliphatic rings. The van der Waals surface area contributed by atoms with Crippen LogP contribution in [-0.4, -0.2) is 61.1 Å². The zero-order valence-corrected chi connectivity index (χ0v) is 31.5. The topological polar surface area (TPSA) is 70.7 Å². The molecular weight excluding hydrogens is 582 g/mol. The molecule has 1 saturated heterocycles. The highest BCUT2D eigenvalue weighted by atomic mass is 16.5. The maximum absolute atomic E-state index is 13.2. The molecule has 0 radical (unpaired) electrons. The number of ether oxygens (including phenoxy) is 1. The van der Waals surface area contributed by atoms with Crippen LogP contribution in [0, 0.1) is 0 Å². The van der Waals surface area contributed by atoms with Crippen molar-refractivity contribution in [2.24, 2.45) is 0 Å². The van der Waals surface area contributed by atoms with Gasteiger partial charge in [0.2, 0.25) is 5.91 Å². The van der Waals surface area contributed by atoms with Crippen LogP contribution in [0.3, 0.4) is 0 Å². The number of hydrogen-bond donors (Lipinski definition) is 2. The van der Waals surface area contributed by atoms with Gasteiger partial charge in [-0.15, -0.1) is 0 Å². The Hall–Kier alpha value is -1.66. The number of carbonyl (C=O) groups excluding carboxylic acids is 2. The van der Waals surface area contributed by atoms with Crippen LogP contribution in [0.2, 0.25) is 0 Å². The SMILES string of the molecule is CCCCCCC/C=C/C(=O)OCCCC(NC1CCN(C(C)C)CC1)C(=O)NCCCCCCCC/C=C\CCCCCCCC. The number of unbranched alkanes of at least 4 members (excludes halogenated alkanes) is 17. The molecule has 47 heavy (non-hydrogen) atoms. The molecule has 1 fully saturated rings. The lowest BCUT2D eigenvalue weighted by molar-refractivity contribution is -0.137. The zero-order valence-electron chi connectivity index (χ0n) is 31.5. The standard InChI is InChI=1S/C41H77N3O3/c1-5-7-9-11-13-14-15-16-17-18-19-20-21-23-25-27-33-42-41(46)39(43-38-31-34-44(35-32-38)37(3)4)29-28-36-47-40(45)30-26-24-22-12-10-8-6-2/h16-17,26,30,37-39,43H,5-15,18-25,27-29,31-36H2,1-4H3,(H,42,46)/b17-16-,30-26+. The lowest BCUT2D eigenvalue weighted by Crippen LogP contribution is -2.52. The molecule has 6 heteroatoms. The number of hydrogen-bond acceptors (Lipinski definition) is 5. The van der Waals surface area contributed by atoms with Gasteiger partial charge in [0, 0.05) is 24.7 Å². The van der Waals surface area contributed by atoms with E-state index < -0.39 is 0 Å². The first-order chi connectivity index (χ1) is 23.0. The molecule has 0 spiro atoms. The van der Waals surface area contributed by atoms with Crippen molar-refractivity contribution in [3.05, 3.63) is 24.3 Å². The van der Waals surface area contributed by atoms with Gasteiger partial charge in [0.05, 0.1) is 12.6 Å². The molecule has 2 N–H and O–H groups in total. The molecule has 0 aromatic carbocycles. The molecule has 0 aromatic heterocycles. The summed E-state index contributed by atoms with van der Waals surface area (Å²) in [5.74, 6) is -0.174. The summed E-state index contributed by atoms with van der Waals surface area (Å²) >= 11 is 0. The van der Waals surface area contributed by atoms with Crippen LogP contribution in [0.15, 0.2) is 24.3 Å². The van der Waals surface area contributed by atoms with Crippen molar-refractivity contribution in [2.75, 3.05) is 26.2 Å². The van der Waals surface area contributed by atoms with Crippen molar-refractivity contribution in [1.82, 2.24) is 15.5 Å². The average molecular weight is 660 g/mol. The molecule has 1 aliphatic heterocycles. The molecule has 1 atom stereocenters. The number of piperidine rings is 1. The summed E-state index contributed by atoms with van der Waals surface area (Å²) in [6, 6.07) is 0.683. The van der Waals surface area contributed by atoms with Gasteiger partial charge in [-0.3, -0.25) is 4.79 Å². The summed E-state index contributed by atoms with van der Waals surface area (Å²) in [4.78, 5) is 27.9. The maximum Gasteiger partial charge on any atom is 0.330 e. The number of carbonyl (C=O) groups is 2. The predicted octanol–water partition coefficient (Wildman–Crippen LogP) is 10.2. The minimum absolute atomic E-state index is 0.0957. The monoisotopic (exact) mass is 660 g/mol. The Labute approximate surface area is 291 Å². The first-order valence-electron chi connectivity index (χ1n) is 20.2. The fourth-order valence-electron chi connectivity index (χ4n) is 6.42. The van der Waals surface area contributed by atoms with Crippen LogP contribution in [-0.2, 0) is 14.3 Å². The Morgan fingerprint density at radius 1 is 0.702 bits per heavy atom. The third-order valence-corrected chi connectivity index (χ3v) is 9.61. The van der Waals surface area contributed by atoms with Crippen molar-refractivity contribution in [3.8, 4) is 0 Å². The number of likely N-dealkylation sites (tertiary alicyclic amines) is 1. The van der Waals surface area contributed by atoms with Gasteiger partial charge >= 0.3 is 5.97 Å². The van der Waals surface area contributed by atoms with Crippen molar-refractivity contribution in [2.45, 2.75) is 200 Å². The average Bonchev–Trinajstić information content (AvgIpc) is 3.07. The quantitative estimate of drug-likeness (QED) is 0.0335. The molecule has 0 aliphatic carbocycles. The third-order valence-electron chi connectivity index (χ3n) is 9.61. The summed E-state index contributed by atoms with van der Waals surface area (Å²) in [5, 5.41) is 6.89. The molecular formula is C41H77N3O3. The largest absolute Gasteiger partial charge is 0.463 e. The minimum atomic E-state index is -0.270. The molecule has 0 saturated carbocycles. The number of amides is 1. The highest BCUT2D eigenvalue weighted by Crippen LogP contribution is 2.15. The van der Waals surface area contributed by atoms with Gasteiger partial charge in [-0.2, -0.15) is 0 Å². The predicted molar refractivity (Wildman–Crippen MR) is 202 cm³/mol. The van der Waals surface area contributed by atoms with E-state index in [0.29, 0.717) is 31.5 Å². The Balaban J connectivity index is 2.25. The van der Waals surface area contributed by atoms with E-state index in [-0.39, 0.29) is 17.9 Å².